The highest BCUT2D eigenvalue weighted by Gasteiger charge is 2.55. The Balaban J connectivity index is 0.903. The van der Waals surface area contributed by atoms with Crippen molar-refractivity contribution >= 4 is 43.9 Å². The third kappa shape index (κ3) is 6.50. The van der Waals surface area contributed by atoms with Gasteiger partial charge in [0.05, 0.1) is 37.3 Å². The van der Waals surface area contributed by atoms with Crippen molar-refractivity contribution in [3.05, 3.63) is 67.6 Å². The smallest absolute Gasteiger partial charge is 0.317 e. The number of ether oxygens (including phenoxy) is 4. The minimum absolute atomic E-state index is 0.0726. The lowest BCUT2D eigenvalue weighted by Gasteiger charge is -2.47. The Labute approximate surface area is 356 Å². The Morgan fingerprint density at radius 3 is 1.81 bits per heavy atom. The number of carbonyl (C=O) groups excluding carboxylic acids is 2. The highest BCUT2D eigenvalue weighted by Crippen LogP contribution is 2.59. The van der Waals surface area contributed by atoms with Gasteiger partial charge in [0.25, 0.3) is 0 Å². The minimum atomic E-state index is -0.588. The second kappa shape index (κ2) is 14.3. The third-order valence-corrected chi connectivity index (χ3v) is 15.5. The predicted molar refractivity (Wildman–Crippen MR) is 225 cm³/mol. The fourth-order valence-corrected chi connectivity index (χ4v) is 12.9. The summed E-state index contributed by atoms with van der Waals surface area (Å²) in [6.45, 7) is 9.04. The van der Waals surface area contributed by atoms with E-state index in [0.29, 0.717) is 81.4 Å². The molecule has 4 amide bonds. The summed E-state index contributed by atoms with van der Waals surface area (Å²) < 4.78 is 26.2. The van der Waals surface area contributed by atoms with Crippen LogP contribution in [-0.2, 0) is 23.9 Å². The number of benzene rings is 2. The van der Waals surface area contributed by atoms with Crippen LogP contribution in [-0.4, -0.2) is 96.4 Å². The van der Waals surface area contributed by atoms with E-state index in [1.807, 2.05) is 34.1 Å². The first-order chi connectivity index (χ1) is 27.6. The molecule has 2 aromatic rings. The van der Waals surface area contributed by atoms with Gasteiger partial charge in [0.2, 0.25) is 0 Å². The first-order valence-corrected chi connectivity index (χ1v) is 22.1. The van der Waals surface area contributed by atoms with Crippen LogP contribution in [0.1, 0.15) is 88.0 Å². The highest BCUT2D eigenvalue weighted by molar-refractivity contribution is 9.10. The van der Waals surface area contributed by atoms with E-state index < -0.39 is 23.0 Å². The minimum Gasteiger partial charge on any atom is -0.493 e. The van der Waals surface area contributed by atoms with Crippen molar-refractivity contribution in [3.8, 4) is 23.0 Å². The van der Waals surface area contributed by atoms with Gasteiger partial charge in [0, 0.05) is 71.7 Å². The van der Waals surface area contributed by atoms with Gasteiger partial charge < -0.3 is 49.6 Å². The lowest BCUT2D eigenvalue weighted by Crippen LogP contribution is -2.54. The molecule has 12 nitrogen and oxygen atoms in total. The van der Waals surface area contributed by atoms with Crippen LogP contribution >= 0.6 is 31.9 Å². The van der Waals surface area contributed by atoms with E-state index in [9.17, 15) is 19.8 Å². The van der Waals surface area contributed by atoms with Crippen molar-refractivity contribution < 1.29 is 38.7 Å². The number of nitrogens with one attached hydrogen (secondary N) is 2. The number of halogens is 2. The van der Waals surface area contributed by atoms with Crippen molar-refractivity contribution in [1.82, 2.24) is 20.4 Å². The summed E-state index contributed by atoms with van der Waals surface area (Å²) in [4.78, 5) is 32.3. The standard InChI is InChI=1S/C44H54Br2N4O8/c1-41(2)18-24(48-40(54)50-13-11-44-9-7-26(52)15-34(44)58-38-32(56-5)17-30(46)28(21-50)36(38)44)19-42(3,22-41)23-47-39(53)49-12-10-43-8-6-25(51)14-33(43)57-37-31(55-4)16-29(45)27(20-49)35(37)43/h6-9,16-17,24-26,33-34,51-52H,10-15,18-23H2,1-5H3,(H,47,53)(H,48,54)/t24?,25-,26-,33?,34?,42?,43?,44?/m0/s1. The highest BCUT2D eigenvalue weighted by atomic mass is 79.9. The summed E-state index contributed by atoms with van der Waals surface area (Å²) in [5.74, 6) is 2.68. The van der Waals surface area contributed by atoms with Crippen molar-refractivity contribution in [2.45, 2.75) is 120 Å². The molecule has 2 spiro atoms. The molecule has 4 aliphatic heterocycles. The number of nitrogens with zero attached hydrogens (tertiary/aromatic N) is 2. The molecule has 58 heavy (non-hydrogen) atoms. The van der Waals surface area contributed by atoms with Crippen molar-refractivity contribution in [1.29, 1.82) is 0 Å². The van der Waals surface area contributed by atoms with E-state index in [0.717, 1.165) is 50.5 Å². The summed E-state index contributed by atoms with van der Waals surface area (Å²) in [7, 11) is 3.27. The van der Waals surface area contributed by atoms with Gasteiger partial charge in [-0.15, -0.1) is 0 Å². The first kappa shape index (κ1) is 40.0. The number of rotatable bonds is 5. The van der Waals surface area contributed by atoms with E-state index in [1.165, 1.54) is 0 Å². The number of aliphatic hydroxyl groups is 2. The van der Waals surface area contributed by atoms with Crippen molar-refractivity contribution in [2.24, 2.45) is 10.8 Å². The largest absolute Gasteiger partial charge is 0.493 e. The molecule has 6 unspecified atom stereocenters. The van der Waals surface area contributed by atoms with Crippen molar-refractivity contribution in [2.75, 3.05) is 33.9 Å². The Morgan fingerprint density at radius 1 is 0.810 bits per heavy atom. The topological polar surface area (TPSA) is 142 Å². The lowest BCUT2D eigenvalue weighted by atomic mass is 9.62. The number of amides is 4. The molecule has 2 aromatic carbocycles. The van der Waals surface area contributed by atoms with Crippen LogP contribution in [0.2, 0.25) is 0 Å². The van der Waals surface area contributed by atoms with E-state index in [1.54, 1.807) is 14.2 Å². The lowest BCUT2D eigenvalue weighted by molar-refractivity contribution is 0.0683. The molecule has 14 heteroatoms. The summed E-state index contributed by atoms with van der Waals surface area (Å²) in [5.41, 5.74) is 2.80. The molecule has 1 fully saturated rings. The average molecular weight is 927 g/mol. The SMILES string of the molecule is COc1cc(Br)c2c3c1OC1C[C@@H](O)C=CC31CCN(C(=O)NCC1(C)CC(NC(=O)N3CCC45C=C[C@H](O)CC4Oc4c(OC)cc(Br)c(c45)C3)CC(C)(C)C1)C2. The fourth-order valence-electron chi connectivity index (χ4n) is 11.8. The molecule has 0 saturated heterocycles. The fraction of sp³-hybridized carbons (Fsp3) is 0.591. The van der Waals surface area contributed by atoms with Crippen LogP contribution in [0, 0.1) is 10.8 Å². The molecule has 4 N–H and O–H groups in total. The molecule has 9 rings (SSSR count). The number of carbonyl (C=O) groups is 2. The van der Waals surface area contributed by atoms with Gasteiger partial charge in [-0.3, -0.25) is 0 Å². The molecule has 0 aromatic heterocycles. The molecule has 8 atom stereocenters. The zero-order valence-electron chi connectivity index (χ0n) is 33.8. The number of hydrogen-bond acceptors (Lipinski definition) is 8. The molecule has 0 radical (unpaired) electrons. The Kier molecular flexibility index (Phi) is 9.88. The molecule has 3 aliphatic carbocycles. The predicted octanol–water partition coefficient (Wildman–Crippen LogP) is 6.98. The van der Waals surface area contributed by atoms with E-state index in [-0.39, 0.29) is 41.1 Å². The summed E-state index contributed by atoms with van der Waals surface area (Å²) >= 11 is 7.60. The molecular formula is C44H54Br2N4O8. The molecule has 7 aliphatic rings. The van der Waals surface area contributed by atoms with Crippen LogP contribution in [0.5, 0.6) is 23.0 Å². The molecule has 1 saturated carbocycles. The Morgan fingerprint density at radius 2 is 1.31 bits per heavy atom. The number of methoxy groups -OCH3 is 2. The molecule has 0 bridgehead atoms. The van der Waals surface area contributed by atoms with Crippen LogP contribution in [0.4, 0.5) is 9.59 Å². The third-order valence-electron chi connectivity index (χ3n) is 14.1. The quantitative estimate of drug-likeness (QED) is 0.236. The number of hydrogen-bond donors (Lipinski definition) is 4. The number of urea groups is 2. The van der Waals surface area contributed by atoms with E-state index >= 15 is 0 Å². The number of aliphatic hydroxyl groups excluding tert-OH is 2. The second-order valence-electron chi connectivity index (χ2n) is 18.8. The monoisotopic (exact) mass is 924 g/mol. The Bertz CT molecular complexity index is 2110. The summed E-state index contributed by atoms with van der Waals surface area (Å²) in [6.07, 6.45) is 10.9. The summed E-state index contributed by atoms with van der Waals surface area (Å²) in [5, 5.41) is 27.8. The van der Waals surface area contributed by atoms with Crippen molar-refractivity contribution in [3.63, 3.8) is 0 Å². The first-order valence-electron chi connectivity index (χ1n) is 20.5. The van der Waals surface area contributed by atoms with Gasteiger partial charge in [-0.05, 0) is 66.2 Å². The molecular weight excluding hydrogens is 872 g/mol. The second-order valence-corrected chi connectivity index (χ2v) is 20.5. The van der Waals surface area contributed by atoms with Gasteiger partial charge in [-0.1, -0.05) is 76.9 Å². The maximum Gasteiger partial charge on any atom is 0.317 e. The van der Waals surface area contributed by atoms with E-state index in [4.69, 9.17) is 18.9 Å². The normalized spacial score (nSPS) is 33.6. The molecule has 4 heterocycles. The van der Waals surface area contributed by atoms with Crippen LogP contribution in [0.25, 0.3) is 0 Å². The van der Waals surface area contributed by atoms with Gasteiger partial charge in [0.1, 0.15) is 12.2 Å². The van der Waals surface area contributed by atoms with Gasteiger partial charge in [-0.25, -0.2) is 9.59 Å². The molecule has 312 valence electrons. The zero-order chi connectivity index (χ0) is 40.9. The van der Waals surface area contributed by atoms with Gasteiger partial charge >= 0.3 is 12.1 Å². The zero-order valence-corrected chi connectivity index (χ0v) is 37.0. The van der Waals surface area contributed by atoms with E-state index in [2.05, 4.69) is 75.4 Å². The van der Waals surface area contributed by atoms with Gasteiger partial charge in [0.15, 0.2) is 23.0 Å². The maximum atomic E-state index is 14.3. The maximum absolute atomic E-state index is 14.3. The average Bonchev–Trinajstić information content (AvgIpc) is 3.52. The van der Waals surface area contributed by atoms with Gasteiger partial charge in [-0.2, -0.15) is 0 Å². The van der Waals surface area contributed by atoms with Crippen LogP contribution < -0.4 is 29.6 Å². The summed E-state index contributed by atoms with van der Waals surface area (Å²) in [6, 6.07) is 3.51. The van der Waals surface area contributed by atoms with Crippen LogP contribution in [0.3, 0.4) is 0 Å². The van der Waals surface area contributed by atoms with Crippen LogP contribution in [0.15, 0.2) is 45.4 Å². The Hall–Kier alpha value is -3.46.